The summed E-state index contributed by atoms with van der Waals surface area (Å²) < 4.78 is 17.4. The predicted octanol–water partition coefficient (Wildman–Crippen LogP) is 2.95. The number of nitrogens with two attached hydrogens (primary N) is 1. The van der Waals surface area contributed by atoms with Crippen molar-refractivity contribution in [1.82, 2.24) is 0 Å². The van der Waals surface area contributed by atoms with Crippen LogP contribution >= 0.6 is 0 Å². The van der Waals surface area contributed by atoms with Crippen molar-refractivity contribution in [1.29, 1.82) is 0 Å². The fourth-order valence-electron chi connectivity index (χ4n) is 2.19. The Kier molecular flexibility index (Phi) is 5.53. The third kappa shape index (κ3) is 4.69. The molecule has 2 N–H and O–H groups in total. The van der Waals surface area contributed by atoms with Crippen LogP contribution < -0.4 is 10.5 Å². The molecule has 0 fully saturated rings. The van der Waals surface area contributed by atoms with Gasteiger partial charge in [-0.15, -0.1) is 0 Å². The number of aryl methyl sites for hydroxylation is 1. The first-order chi connectivity index (χ1) is 10.1. The van der Waals surface area contributed by atoms with Crippen LogP contribution in [0.1, 0.15) is 22.7 Å². The third-order valence-corrected chi connectivity index (χ3v) is 4.71. The summed E-state index contributed by atoms with van der Waals surface area (Å²) in [6, 6.07) is 15.5. The van der Waals surface area contributed by atoms with E-state index in [-0.39, 0.29) is 6.04 Å². The van der Waals surface area contributed by atoms with Crippen LogP contribution in [-0.4, -0.2) is 17.1 Å². The molecule has 21 heavy (non-hydrogen) atoms. The molecule has 0 amide bonds. The molecule has 0 heterocycles. The van der Waals surface area contributed by atoms with Gasteiger partial charge < -0.3 is 10.5 Å². The average molecular weight is 303 g/mol. The van der Waals surface area contributed by atoms with E-state index in [1.807, 2.05) is 49.4 Å². The van der Waals surface area contributed by atoms with Crippen LogP contribution in [0.25, 0.3) is 0 Å². The first-order valence-corrected chi connectivity index (χ1v) is 8.37. The SMILES string of the molecule is COc1ccc(C(N)CS(=O)Cc2cccc(C)c2)cc1. The second-order valence-corrected chi connectivity index (χ2v) is 6.62. The lowest BCUT2D eigenvalue weighted by Crippen LogP contribution is -2.19. The Bertz CT molecular complexity index is 610. The third-order valence-electron chi connectivity index (χ3n) is 3.32. The van der Waals surface area contributed by atoms with E-state index >= 15 is 0 Å². The Morgan fingerprint density at radius 2 is 1.90 bits per heavy atom. The molecule has 0 spiro atoms. The van der Waals surface area contributed by atoms with E-state index in [9.17, 15) is 4.21 Å². The van der Waals surface area contributed by atoms with Gasteiger partial charge in [0.25, 0.3) is 0 Å². The first-order valence-electron chi connectivity index (χ1n) is 6.88. The van der Waals surface area contributed by atoms with Crippen LogP contribution in [0.4, 0.5) is 0 Å². The normalized spacial score (nSPS) is 13.7. The average Bonchev–Trinajstić information content (AvgIpc) is 2.47. The molecule has 4 heteroatoms. The van der Waals surface area contributed by atoms with Crippen molar-refractivity contribution in [3.8, 4) is 5.75 Å². The van der Waals surface area contributed by atoms with Gasteiger partial charge in [-0.3, -0.25) is 4.21 Å². The Morgan fingerprint density at radius 3 is 2.52 bits per heavy atom. The maximum atomic E-state index is 12.2. The molecule has 3 nitrogen and oxygen atoms in total. The minimum Gasteiger partial charge on any atom is -0.497 e. The van der Waals surface area contributed by atoms with Crippen LogP contribution in [-0.2, 0) is 16.6 Å². The summed E-state index contributed by atoms with van der Waals surface area (Å²) in [6.45, 7) is 2.04. The minimum absolute atomic E-state index is 0.221. The van der Waals surface area contributed by atoms with Gasteiger partial charge in [0, 0.05) is 28.3 Å². The second-order valence-electron chi connectivity index (χ2n) is 5.12. The molecular weight excluding hydrogens is 282 g/mol. The van der Waals surface area contributed by atoms with Crippen molar-refractivity contribution in [2.24, 2.45) is 5.73 Å². The largest absolute Gasteiger partial charge is 0.497 e. The van der Waals surface area contributed by atoms with E-state index < -0.39 is 10.8 Å². The van der Waals surface area contributed by atoms with Crippen LogP contribution in [0.15, 0.2) is 48.5 Å². The predicted molar refractivity (Wildman–Crippen MR) is 87.8 cm³/mol. The zero-order valence-corrected chi connectivity index (χ0v) is 13.2. The molecule has 0 aliphatic rings. The van der Waals surface area contributed by atoms with Gasteiger partial charge in [-0.25, -0.2) is 0 Å². The lowest BCUT2D eigenvalue weighted by atomic mass is 10.1. The highest BCUT2D eigenvalue weighted by Crippen LogP contribution is 2.17. The quantitative estimate of drug-likeness (QED) is 0.892. The molecule has 112 valence electrons. The summed E-state index contributed by atoms with van der Waals surface area (Å²) in [6.07, 6.45) is 0. The zero-order valence-electron chi connectivity index (χ0n) is 12.4. The van der Waals surface area contributed by atoms with E-state index in [1.165, 1.54) is 5.56 Å². The summed E-state index contributed by atoms with van der Waals surface area (Å²) in [5, 5.41) is 0. The number of hydrogen-bond acceptors (Lipinski definition) is 3. The van der Waals surface area contributed by atoms with Gasteiger partial charge in [0.2, 0.25) is 0 Å². The van der Waals surface area contributed by atoms with E-state index in [2.05, 4.69) is 6.07 Å². The molecule has 0 radical (unpaired) electrons. The molecule has 0 saturated carbocycles. The molecule has 2 atom stereocenters. The Balaban J connectivity index is 1.95. The van der Waals surface area contributed by atoms with Crippen LogP contribution in [0, 0.1) is 6.92 Å². The smallest absolute Gasteiger partial charge is 0.118 e. The van der Waals surface area contributed by atoms with Gasteiger partial charge in [-0.2, -0.15) is 0 Å². The molecule has 0 aliphatic carbocycles. The van der Waals surface area contributed by atoms with Crippen molar-refractivity contribution >= 4 is 10.8 Å². The molecule has 2 rings (SSSR count). The first kappa shape index (κ1) is 15.7. The van der Waals surface area contributed by atoms with Crippen molar-refractivity contribution < 1.29 is 8.95 Å². The van der Waals surface area contributed by atoms with Crippen LogP contribution in [0.5, 0.6) is 5.75 Å². The molecular formula is C17H21NO2S. The molecule has 0 aliphatic heterocycles. The number of benzene rings is 2. The zero-order chi connectivity index (χ0) is 15.2. The van der Waals surface area contributed by atoms with Crippen molar-refractivity contribution in [3.63, 3.8) is 0 Å². The highest BCUT2D eigenvalue weighted by molar-refractivity contribution is 7.84. The van der Waals surface area contributed by atoms with E-state index in [4.69, 9.17) is 10.5 Å². The lowest BCUT2D eigenvalue weighted by Gasteiger charge is -2.12. The number of methoxy groups -OCH3 is 1. The highest BCUT2D eigenvalue weighted by Gasteiger charge is 2.11. The van der Waals surface area contributed by atoms with Gasteiger partial charge in [0.15, 0.2) is 0 Å². The van der Waals surface area contributed by atoms with Gasteiger partial charge in [0.05, 0.1) is 7.11 Å². The summed E-state index contributed by atoms with van der Waals surface area (Å²) in [7, 11) is 0.658. The Hall–Kier alpha value is -1.65. The lowest BCUT2D eigenvalue weighted by molar-refractivity contribution is 0.414. The topological polar surface area (TPSA) is 52.3 Å². The standard InChI is InChI=1S/C17H21NO2S/c1-13-4-3-5-14(10-13)11-21(19)12-17(18)15-6-8-16(20-2)9-7-15/h3-10,17H,11-12,18H2,1-2H3. The van der Waals surface area contributed by atoms with Crippen molar-refractivity contribution in [2.75, 3.05) is 12.9 Å². The molecule has 2 aromatic rings. The summed E-state index contributed by atoms with van der Waals surface area (Å²) >= 11 is 0. The molecule has 2 unspecified atom stereocenters. The minimum atomic E-state index is -0.973. The molecule has 0 aromatic heterocycles. The van der Waals surface area contributed by atoms with Crippen molar-refractivity contribution in [2.45, 2.75) is 18.7 Å². The maximum absolute atomic E-state index is 12.2. The van der Waals surface area contributed by atoms with Gasteiger partial charge in [-0.05, 0) is 30.2 Å². The van der Waals surface area contributed by atoms with Gasteiger partial charge >= 0.3 is 0 Å². The van der Waals surface area contributed by atoms with Crippen LogP contribution in [0.3, 0.4) is 0 Å². The van der Waals surface area contributed by atoms with Crippen molar-refractivity contribution in [3.05, 3.63) is 65.2 Å². The highest BCUT2D eigenvalue weighted by atomic mass is 32.2. The number of rotatable bonds is 6. The molecule has 0 bridgehead atoms. The van der Waals surface area contributed by atoms with E-state index in [0.29, 0.717) is 11.5 Å². The fourth-order valence-corrected chi connectivity index (χ4v) is 3.46. The second kappa shape index (κ2) is 7.38. The van der Waals surface area contributed by atoms with Gasteiger partial charge in [-0.1, -0.05) is 42.0 Å². The Labute approximate surface area is 128 Å². The summed E-state index contributed by atoms with van der Waals surface area (Å²) in [5.74, 6) is 1.80. The molecule has 0 saturated heterocycles. The monoisotopic (exact) mass is 303 g/mol. The molecule has 2 aromatic carbocycles. The Morgan fingerprint density at radius 1 is 1.19 bits per heavy atom. The van der Waals surface area contributed by atoms with Crippen LogP contribution in [0.2, 0.25) is 0 Å². The van der Waals surface area contributed by atoms with E-state index in [1.54, 1.807) is 7.11 Å². The van der Waals surface area contributed by atoms with Gasteiger partial charge in [0.1, 0.15) is 5.75 Å². The summed E-state index contributed by atoms with van der Waals surface area (Å²) in [4.78, 5) is 0. The summed E-state index contributed by atoms with van der Waals surface area (Å²) in [5.41, 5.74) is 9.39. The number of ether oxygens (including phenoxy) is 1. The maximum Gasteiger partial charge on any atom is 0.118 e. The fraction of sp³-hybridized carbons (Fsp3) is 0.294. The number of hydrogen-bond donors (Lipinski definition) is 1. The van der Waals surface area contributed by atoms with E-state index in [0.717, 1.165) is 16.9 Å².